The van der Waals surface area contributed by atoms with Gasteiger partial charge >= 0.3 is 0 Å². The average Bonchev–Trinajstić information content (AvgIpc) is 2.39. The Morgan fingerprint density at radius 1 is 1.05 bits per heavy atom. The number of nitrogens with two attached hydrogens (primary N) is 1. The first-order valence-electron chi connectivity index (χ1n) is 6.63. The molecule has 0 aliphatic rings. The van der Waals surface area contributed by atoms with Gasteiger partial charge in [0.25, 0.3) is 0 Å². The number of rotatable bonds is 3. The fourth-order valence-electron chi connectivity index (χ4n) is 1.91. The quantitative estimate of drug-likeness (QED) is 0.824. The summed E-state index contributed by atoms with van der Waals surface area (Å²) in [5.41, 5.74) is 8.92. The molecule has 0 atom stereocenters. The fraction of sp³-hybridized carbons (Fsp3) is 0.294. The molecule has 2 aromatic carbocycles. The van der Waals surface area contributed by atoms with Crippen LogP contribution in [0.25, 0.3) is 0 Å². The molecule has 2 rings (SSSR count). The molecule has 0 amide bonds. The number of ether oxygens (including phenoxy) is 1. The lowest BCUT2D eigenvalue weighted by atomic mass is 9.87. The van der Waals surface area contributed by atoms with E-state index >= 15 is 0 Å². The highest BCUT2D eigenvalue weighted by Crippen LogP contribution is 2.25. The summed E-state index contributed by atoms with van der Waals surface area (Å²) < 4.78 is 5.76. The Bertz CT molecular complexity index is 585. The van der Waals surface area contributed by atoms with E-state index in [2.05, 4.69) is 32.9 Å². The zero-order valence-electron chi connectivity index (χ0n) is 12.1. The largest absolute Gasteiger partial charge is 0.489 e. The first-order chi connectivity index (χ1) is 9.36. The van der Waals surface area contributed by atoms with Crippen LogP contribution in [0.3, 0.4) is 0 Å². The summed E-state index contributed by atoms with van der Waals surface area (Å²) in [6, 6.07) is 13.6. The lowest BCUT2D eigenvalue weighted by Gasteiger charge is -2.19. The second kappa shape index (κ2) is 5.76. The van der Waals surface area contributed by atoms with Crippen molar-refractivity contribution in [2.75, 3.05) is 5.73 Å². The Morgan fingerprint density at radius 2 is 1.70 bits per heavy atom. The Hall–Kier alpha value is -1.67. The summed E-state index contributed by atoms with van der Waals surface area (Å²) in [5, 5.41) is 0.667. The van der Waals surface area contributed by atoms with E-state index in [1.54, 1.807) is 12.1 Å². The third-order valence-corrected chi connectivity index (χ3v) is 3.45. The monoisotopic (exact) mass is 289 g/mol. The van der Waals surface area contributed by atoms with Gasteiger partial charge in [-0.25, -0.2) is 0 Å². The summed E-state index contributed by atoms with van der Waals surface area (Å²) in [4.78, 5) is 0. The molecule has 0 radical (unpaired) electrons. The minimum absolute atomic E-state index is 0.149. The van der Waals surface area contributed by atoms with Gasteiger partial charge in [-0.15, -0.1) is 0 Å². The molecule has 106 valence electrons. The fourth-order valence-corrected chi connectivity index (χ4v) is 2.11. The van der Waals surface area contributed by atoms with Crippen molar-refractivity contribution in [1.82, 2.24) is 0 Å². The van der Waals surface area contributed by atoms with Crippen LogP contribution in [0.15, 0.2) is 42.5 Å². The maximum absolute atomic E-state index is 5.96. The van der Waals surface area contributed by atoms with Crippen LogP contribution in [0.1, 0.15) is 31.9 Å². The summed E-state index contributed by atoms with van der Waals surface area (Å²) in [6.45, 7) is 6.99. The van der Waals surface area contributed by atoms with E-state index in [1.165, 1.54) is 5.56 Å². The van der Waals surface area contributed by atoms with Crippen LogP contribution in [0.5, 0.6) is 5.75 Å². The molecule has 3 heteroatoms. The highest BCUT2D eigenvalue weighted by Gasteiger charge is 2.13. The van der Waals surface area contributed by atoms with Crippen molar-refractivity contribution in [2.24, 2.45) is 0 Å². The van der Waals surface area contributed by atoms with Crippen LogP contribution in [-0.4, -0.2) is 0 Å². The zero-order valence-corrected chi connectivity index (χ0v) is 12.9. The molecule has 0 unspecified atom stereocenters. The van der Waals surface area contributed by atoms with Gasteiger partial charge in [0.2, 0.25) is 0 Å². The van der Waals surface area contributed by atoms with Crippen molar-refractivity contribution in [3.8, 4) is 5.75 Å². The molecule has 0 aliphatic carbocycles. The molecule has 0 bridgehead atoms. The lowest BCUT2D eigenvalue weighted by molar-refractivity contribution is 0.306. The minimum atomic E-state index is 0.149. The van der Waals surface area contributed by atoms with E-state index in [1.807, 2.05) is 18.2 Å². The number of benzene rings is 2. The standard InChI is InChI=1S/C17H20ClNO/c1-17(2,3)13-4-7-15(8-5-13)20-11-12-10-14(18)6-9-16(12)19/h4-10H,11,19H2,1-3H3. The van der Waals surface area contributed by atoms with Crippen LogP contribution in [0.4, 0.5) is 5.69 Å². The summed E-state index contributed by atoms with van der Waals surface area (Å²) in [6.07, 6.45) is 0. The second-order valence-electron chi connectivity index (χ2n) is 5.91. The second-order valence-corrected chi connectivity index (χ2v) is 6.34. The SMILES string of the molecule is CC(C)(C)c1ccc(OCc2cc(Cl)ccc2N)cc1. The number of hydrogen-bond acceptors (Lipinski definition) is 2. The van der Waals surface area contributed by atoms with Crippen LogP contribution in [0, 0.1) is 0 Å². The van der Waals surface area contributed by atoms with Crippen LogP contribution in [-0.2, 0) is 12.0 Å². The van der Waals surface area contributed by atoms with E-state index in [0.29, 0.717) is 17.3 Å². The van der Waals surface area contributed by atoms with Crippen molar-refractivity contribution in [3.05, 3.63) is 58.6 Å². The minimum Gasteiger partial charge on any atom is -0.489 e. The maximum atomic E-state index is 5.96. The van der Waals surface area contributed by atoms with E-state index in [9.17, 15) is 0 Å². The highest BCUT2D eigenvalue weighted by atomic mass is 35.5. The van der Waals surface area contributed by atoms with Crippen LogP contribution >= 0.6 is 11.6 Å². The molecule has 0 aliphatic heterocycles. The van der Waals surface area contributed by atoms with Crippen molar-refractivity contribution >= 4 is 17.3 Å². The predicted octanol–water partition coefficient (Wildman–Crippen LogP) is 4.80. The molecule has 0 heterocycles. The van der Waals surface area contributed by atoms with Crippen molar-refractivity contribution < 1.29 is 4.74 Å². The molecule has 20 heavy (non-hydrogen) atoms. The average molecular weight is 290 g/mol. The Kier molecular flexibility index (Phi) is 4.24. The molecule has 2 N–H and O–H groups in total. The van der Waals surface area contributed by atoms with E-state index in [4.69, 9.17) is 22.1 Å². The molecular weight excluding hydrogens is 270 g/mol. The molecule has 0 aromatic heterocycles. The Balaban J connectivity index is 2.06. The molecule has 0 saturated carbocycles. The molecule has 2 aromatic rings. The van der Waals surface area contributed by atoms with E-state index in [0.717, 1.165) is 11.3 Å². The van der Waals surface area contributed by atoms with Gasteiger partial charge in [0.05, 0.1) is 0 Å². The lowest BCUT2D eigenvalue weighted by Crippen LogP contribution is -2.10. The molecule has 2 nitrogen and oxygen atoms in total. The van der Waals surface area contributed by atoms with Crippen LogP contribution < -0.4 is 10.5 Å². The van der Waals surface area contributed by atoms with Gasteiger partial charge in [-0.3, -0.25) is 0 Å². The zero-order chi connectivity index (χ0) is 14.8. The van der Waals surface area contributed by atoms with E-state index < -0.39 is 0 Å². The number of anilines is 1. The summed E-state index contributed by atoms with van der Waals surface area (Å²) >= 11 is 5.96. The summed E-state index contributed by atoms with van der Waals surface area (Å²) in [7, 11) is 0. The van der Waals surface area contributed by atoms with Gasteiger partial charge in [-0.05, 0) is 41.3 Å². The summed E-state index contributed by atoms with van der Waals surface area (Å²) in [5.74, 6) is 0.831. The highest BCUT2D eigenvalue weighted by molar-refractivity contribution is 6.30. The normalized spacial score (nSPS) is 11.4. The topological polar surface area (TPSA) is 35.2 Å². The van der Waals surface area contributed by atoms with Crippen LogP contribution in [0.2, 0.25) is 5.02 Å². The van der Waals surface area contributed by atoms with Gasteiger partial charge in [-0.2, -0.15) is 0 Å². The van der Waals surface area contributed by atoms with E-state index in [-0.39, 0.29) is 5.41 Å². The molecule has 0 fully saturated rings. The smallest absolute Gasteiger partial charge is 0.119 e. The third kappa shape index (κ3) is 3.67. The van der Waals surface area contributed by atoms with Crippen molar-refractivity contribution in [3.63, 3.8) is 0 Å². The van der Waals surface area contributed by atoms with Gasteiger partial charge in [0, 0.05) is 16.3 Å². The number of nitrogen functional groups attached to an aromatic ring is 1. The first-order valence-corrected chi connectivity index (χ1v) is 7.01. The predicted molar refractivity (Wildman–Crippen MR) is 85.3 cm³/mol. The molecule has 0 spiro atoms. The Labute approximate surface area is 125 Å². The Morgan fingerprint density at radius 3 is 2.30 bits per heavy atom. The van der Waals surface area contributed by atoms with Gasteiger partial charge in [-0.1, -0.05) is 44.5 Å². The maximum Gasteiger partial charge on any atom is 0.119 e. The molecular formula is C17H20ClNO. The van der Waals surface area contributed by atoms with Crippen molar-refractivity contribution in [2.45, 2.75) is 32.8 Å². The van der Waals surface area contributed by atoms with Gasteiger partial charge < -0.3 is 10.5 Å². The molecule has 0 saturated heterocycles. The van der Waals surface area contributed by atoms with Gasteiger partial charge in [0.15, 0.2) is 0 Å². The third-order valence-electron chi connectivity index (χ3n) is 3.22. The number of hydrogen-bond donors (Lipinski definition) is 1. The van der Waals surface area contributed by atoms with Crippen molar-refractivity contribution in [1.29, 1.82) is 0 Å². The number of halogens is 1. The first kappa shape index (κ1) is 14.7. The van der Waals surface area contributed by atoms with Gasteiger partial charge in [0.1, 0.15) is 12.4 Å².